The summed E-state index contributed by atoms with van der Waals surface area (Å²) in [5.74, 6) is -0.458. The first-order valence-corrected chi connectivity index (χ1v) is 6.87. The number of benzene rings is 1. The monoisotopic (exact) mass is 290 g/mol. The van der Waals surface area contributed by atoms with Gasteiger partial charge < -0.3 is 10.6 Å². The quantitative estimate of drug-likeness (QED) is 0.898. The van der Waals surface area contributed by atoms with Gasteiger partial charge in [-0.2, -0.15) is 0 Å². The van der Waals surface area contributed by atoms with Gasteiger partial charge in [-0.15, -0.1) is 5.10 Å². The zero-order chi connectivity index (χ0) is 14.5. The van der Waals surface area contributed by atoms with Crippen molar-refractivity contribution >= 4 is 29.0 Å². The van der Waals surface area contributed by atoms with Crippen LogP contribution < -0.4 is 10.6 Å². The van der Waals surface area contributed by atoms with Crippen LogP contribution >= 0.6 is 11.5 Å². The highest BCUT2D eigenvalue weighted by Crippen LogP contribution is 2.16. The molecule has 0 fully saturated rings. The minimum atomic E-state index is -0.258. The molecule has 0 unspecified atom stereocenters. The van der Waals surface area contributed by atoms with E-state index in [1.165, 1.54) is 0 Å². The van der Waals surface area contributed by atoms with E-state index < -0.39 is 0 Å². The maximum Gasteiger partial charge on any atom is 0.269 e. The van der Waals surface area contributed by atoms with Gasteiger partial charge in [0.15, 0.2) is 0 Å². The van der Waals surface area contributed by atoms with Gasteiger partial charge in [0.25, 0.3) is 11.8 Å². The molecular formula is C13H14N4O2S. The summed E-state index contributed by atoms with van der Waals surface area (Å²) < 4.78 is 3.78. The number of anilines is 1. The van der Waals surface area contributed by atoms with E-state index in [4.69, 9.17) is 0 Å². The average Bonchev–Trinajstić information content (AvgIpc) is 2.95. The molecule has 0 radical (unpaired) electrons. The van der Waals surface area contributed by atoms with Gasteiger partial charge in [-0.1, -0.05) is 17.5 Å². The summed E-state index contributed by atoms with van der Waals surface area (Å²) in [5, 5.41) is 9.19. The van der Waals surface area contributed by atoms with Gasteiger partial charge in [-0.05, 0) is 36.2 Å². The fraction of sp³-hybridized carbons (Fsp3) is 0.231. The van der Waals surface area contributed by atoms with Gasteiger partial charge in [0.05, 0.1) is 5.69 Å². The molecule has 20 heavy (non-hydrogen) atoms. The molecule has 104 valence electrons. The second-order valence-corrected chi connectivity index (χ2v) is 4.77. The molecule has 7 heteroatoms. The third-order valence-corrected chi connectivity index (χ3v) is 3.47. The first-order chi connectivity index (χ1) is 9.65. The van der Waals surface area contributed by atoms with Crippen molar-refractivity contribution < 1.29 is 9.59 Å². The molecule has 2 rings (SSSR count). The largest absolute Gasteiger partial charge is 0.355 e. The summed E-state index contributed by atoms with van der Waals surface area (Å²) in [4.78, 5) is 24.2. The topological polar surface area (TPSA) is 84.0 Å². The van der Waals surface area contributed by atoms with Gasteiger partial charge >= 0.3 is 0 Å². The van der Waals surface area contributed by atoms with Gasteiger partial charge in [-0.3, -0.25) is 9.59 Å². The molecular weight excluding hydrogens is 276 g/mol. The van der Waals surface area contributed by atoms with Crippen molar-refractivity contribution in [1.29, 1.82) is 0 Å². The number of aryl methyl sites for hydroxylation is 1. The van der Waals surface area contributed by atoms with Crippen molar-refractivity contribution in [3.05, 3.63) is 40.4 Å². The summed E-state index contributed by atoms with van der Waals surface area (Å²) in [6, 6.07) is 6.74. The molecule has 0 atom stereocenters. The Morgan fingerprint density at radius 3 is 2.80 bits per heavy atom. The minimum Gasteiger partial charge on any atom is -0.355 e. The highest BCUT2D eigenvalue weighted by molar-refractivity contribution is 7.08. The second-order valence-electron chi connectivity index (χ2n) is 4.02. The Morgan fingerprint density at radius 1 is 1.30 bits per heavy atom. The van der Waals surface area contributed by atoms with Crippen molar-refractivity contribution in [1.82, 2.24) is 14.9 Å². The van der Waals surface area contributed by atoms with Crippen LogP contribution in [-0.4, -0.2) is 28.4 Å². The number of aromatic nitrogens is 2. The molecule has 0 spiro atoms. The molecule has 1 aromatic heterocycles. The Balaban J connectivity index is 2.18. The predicted molar refractivity (Wildman–Crippen MR) is 77.1 cm³/mol. The molecule has 0 aliphatic heterocycles. The van der Waals surface area contributed by atoms with Crippen molar-refractivity contribution in [3.63, 3.8) is 0 Å². The fourth-order valence-electron chi connectivity index (χ4n) is 1.68. The van der Waals surface area contributed by atoms with Crippen LogP contribution in [0.5, 0.6) is 0 Å². The first kappa shape index (κ1) is 14.1. The van der Waals surface area contributed by atoms with Gasteiger partial charge in [-0.25, -0.2) is 0 Å². The lowest BCUT2D eigenvalue weighted by molar-refractivity contribution is 0.0961. The Morgan fingerprint density at radius 2 is 2.10 bits per heavy atom. The van der Waals surface area contributed by atoms with E-state index >= 15 is 0 Å². The van der Waals surface area contributed by atoms with Crippen LogP contribution in [0.3, 0.4) is 0 Å². The van der Waals surface area contributed by atoms with Crippen molar-refractivity contribution in [2.45, 2.75) is 13.3 Å². The number of nitrogens with one attached hydrogen (secondary N) is 2. The zero-order valence-electron chi connectivity index (χ0n) is 11.1. The van der Waals surface area contributed by atoms with Gasteiger partial charge in [0.2, 0.25) is 0 Å². The summed E-state index contributed by atoms with van der Waals surface area (Å²) >= 11 is 1.06. The number of carbonyl (C=O) groups excluding carboxylic acids is 2. The van der Waals surface area contributed by atoms with E-state index in [-0.39, 0.29) is 11.8 Å². The van der Waals surface area contributed by atoms with E-state index in [9.17, 15) is 9.59 Å². The molecule has 2 aromatic rings. The Hall–Kier alpha value is -2.28. The Kier molecular flexibility index (Phi) is 4.41. The third-order valence-electron chi connectivity index (χ3n) is 2.71. The molecule has 6 nitrogen and oxygen atoms in total. The van der Waals surface area contributed by atoms with Crippen LogP contribution in [0.4, 0.5) is 5.69 Å². The van der Waals surface area contributed by atoms with E-state index in [0.717, 1.165) is 11.5 Å². The summed E-state index contributed by atoms with van der Waals surface area (Å²) in [5.41, 5.74) is 1.73. The lowest BCUT2D eigenvalue weighted by atomic mass is 10.2. The maximum atomic E-state index is 12.1. The van der Waals surface area contributed by atoms with Gasteiger partial charge in [0, 0.05) is 18.3 Å². The van der Waals surface area contributed by atoms with E-state index in [1.807, 2.05) is 6.92 Å². The molecule has 0 saturated heterocycles. The van der Waals surface area contributed by atoms with Crippen LogP contribution in [0.2, 0.25) is 0 Å². The van der Waals surface area contributed by atoms with Crippen LogP contribution in [-0.2, 0) is 6.42 Å². The molecule has 0 aliphatic carbocycles. The Labute approximate surface area is 120 Å². The smallest absolute Gasteiger partial charge is 0.269 e. The van der Waals surface area contributed by atoms with E-state index in [0.29, 0.717) is 28.2 Å². The van der Waals surface area contributed by atoms with Crippen molar-refractivity contribution in [2.24, 2.45) is 0 Å². The van der Waals surface area contributed by atoms with E-state index in [2.05, 4.69) is 20.2 Å². The molecule has 1 aromatic carbocycles. The number of hydrogen-bond acceptors (Lipinski definition) is 5. The zero-order valence-corrected chi connectivity index (χ0v) is 12.0. The highest BCUT2D eigenvalue weighted by atomic mass is 32.1. The summed E-state index contributed by atoms with van der Waals surface area (Å²) in [6.07, 6.45) is 0.650. The molecule has 2 amide bonds. The summed E-state index contributed by atoms with van der Waals surface area (Å²) in [6.45, 7) is 1.92. The van der Waals surface area contributed by atoms with Crippen molar-refractivity contribution in [3.8, 4) is 0 Å². The van der Waals surface area contributed by atoms with E-state index in [1.54, 1.807) is 31.3 Å². The third kappa shape index (κ3) is 3.00. The normalized spacial score (nSPS) is 10.1. The predicted octanol–water partition coefficient (Wildman–Crippen LogP) is 1.71. The highest BCUT2D eigenvalue weighted by Gasteiger charge is 2.15. The molecule has 0 aliphatic rings. The average molecular weight is 290 g/mol. The lowest BCUT2D eigenvalue weighted by Crippen LogP contribution is -2.18. The molecule has 1 heterocycles. The SMILES string of the molecule is CCc1nnsc1C(=O)Nc1cccc(C(=O)NC)c1. The van der Waals surface area contributed by atoms with Crippen LogP contribution in [0.1, 0.15) is 32.6 Å². The minimum absolute atomic E-state index is 0.199. The number of nitrogens with zero attached hydrogens (tertiary/aromatic N) is 2. The summed E-state index contributed by atoms with van der Waals surface area (Å²) in [7, 11) is 1.56. The van der Waals surface area contributed by atoms with Crippen LogP contribution in [0.15, 0.2) is 24.3 Å². The fourth-order valence-corrected chi connectivity index (χ4v) is 2.33. The number of rotatable bonds is 4. The first-order valence-electron chi connectivity index (χ1n) is 6.10. The van der Waals surface area contributed by atoms with Crippen molar-refractivity contribution in [2.75, 3.05) is 12.4 Å². The standard InChI is InChI=1S/C13H14N4O2S/c1-3-10-11(20-17-16-10)13(19)15-9-6-4-5-8(7-9)12(18)14-2/h4-7H,3H2,1-2H3,(H,14,18)(H,15,19). The van der Waals surface area contributed by atoms with Crippen LogP contribution in [0.25, 0.3) is 0 Å². The number of hydrogen-bond donors (Lipinski definition) is 2. The molecule has 2 N–H and O–H groups in total. The lowest BCUT2D eigenvalue weighted by Gasteiger charge is -2.06. The molecule has 0 bridgehead atoms. The molecule has 0 saturated carbocycles. The van der Waals surface area contributed by atoms with Gasteiger partial charge in [0.1, 0.15) is 4.88 Å². The maximum absolute atomic E-state index is 12.1. The second kappa shape index (κ2) is 6.25. The number of amides is 2. The number of carbonyl (C=O) groups is 2. The Bertz CT molecular complexity index is 639. The van der Waals surface area contributed by atoms with Crippen LogP contribution in [0, 0.1) is 0 Å².